The Balaban J connectivity index is 1.93. The molecule has 21 heavy (non-hydrogen) atoms. The SMILES string of the molecule is CC(C)NCc1sc(-c2ncc(Br)cc2Br)nc1C1CC1. The maximum atomic E-state index is 4.88. The van der Waals surface area contributed by atoms with Gasteiger partial charge in [0.1, 0.15) is 10.7 Å². The zero-order chi connectivity index (χ0) is 15.0. The van der Waals surface area contributed by atoms with E-state index in [1.807, 2.05) is 12.3 Å². The third-order valence-corrected chi connectivity index (χ3v) is 5.49. The molecule has 1 aliphatic carbocycles. The second-order valence-corrected chi connectivity index (χ2v) is 8.47. The predicted octanol–water partition coefficient (Wildman–Crippen LogP) is 5.11. The number of hydrogen-bond acceptors (Lipinski definition) is 4. The largest absolute Gasteiger partial charge is 0.310 e. The Morgan fingerprint density at radius 2 is 2.14 bits per heavy atom. The topological polar surface area (TPSA) is 37.8 Å². The van der Waals surface area contributed by atoms with Crippen LogP contribution in [0.2, 0.25) is 0 Å². The monoisotopic (exact) mass is 429 g/mol. The first-order valence-corrected chi connectivity index (χ1v) is 9.49. The summed E-state index contributed by atoms with van der Waals surface area (Å²) in [5.41, 5.74) is 2.21. The Morgan fingerprint density at radius 3 is 2.76 bits per heavy atom. The fraction of sp³-hybridized carbons (Fsp3) is 0.467. The molecule has 6 heteroatoms. The van der Waals surface area contributed by atoms with Crippen LogP contribution in [0, 0.1) is 0 Å². The third kappa shape index (κ3) is 3.73. The minimum absolute atomic E-state index is 0.486. The highest BCUT2D eigenvalue weighted by Gasteiger charge is 2.30. The number of thiazole rings is 1. The lowest BCUT2D eigenvalue weighted by Crippen LogP contribution is -2.21. The predicted molar refractivity (Wildman–Crippen MR) is 94.7 cm³/mol. The van der Waals surface area contributed by atoms with Crippen molar-refractivity contribution in [1.82, 2.24) is 15.3 Å². The number of pyridine rings is 1. The lowest BCUT2D eigenvalue weighted by atomic mass is 10.2. The molecular weight excluding hydrogens is 414 g/mol. The van der Waals surface area contributed by atoms with Gasteiger partial charge < -0.3 is 5.32 Å². The maximum absolute atomic E-state index is 4.88. The van der Waals surface area contributed by atoms with Crippen molar-refractivity contribution < 1.29 is 0 Å². The van der Waals surface area contributed by atoms with E-state index in [1.54, 1.807) is 11.3 Å². The molecule has 0 aliphatic heterocycles. The first kappa shape index (κ1) is 15.6. The Bertz CT molecular complexity index is 650. The van der Waals surface area contributed by atoms with Crippen LogP contribution in [-0.4, -0.2) is 16.0 Å². The van der Waals surface area contributed by atoms with Crippen LogP contribution >= 0.6 is 43.2 Å². The van der Waals surface area contributed by atoms with Gasteiger partial charge in [-0.15, -0.1) is 11.3 Å². The van der Waals surface area contributed by atoms with Crippen molar-refractivity contribution in [2.45, 2.75) is 45.2 Å². The molecule has 2 aromatic rings. The molecular formula is C15H17Br2N3S. The first-order valence-electron chi connectivity index (χ1n) is 7.09. The number of aromatic nitrogens is 2. The van der Waals surface area contributed by atoms with Crippen molar-refractivity contribution in [3.63, 3.8) is 0 Å². The van der Waals surface area contributed by atoms with Crippen molar-refractivity contribution in [3.05, 3.63) is 31.8 Å². The summed E-state index contributed by atoms with van der Waals surface area (Å²) in [7, 11) is 0. The van der Waals surface area contributed by atoms with Crippen LogP contribution in [0.4, 0.5) is 0 Å². The lowest BCUT2D eigenvalue weighted by molar-refractivity contribution is 0.590. The fourth-order valence-electron chi connectivity index (χ4n) is 2.14. The lowest BCUT2D eigenvalue weighted by Gasteiger charge is -2.07. The van der Waals surface area contributed by atoms with Gasteiger partial charge in [0.2, 0.25) is 0 Å². The average molecular weight is 431 g/mol. The molecule has 3 rings (SSSR count). The van der Waals surface area contributed by atoms with E-state index < -0.39 is 0 Å². The van der Waals surface area contributed by atoms with Gasteiger partial charge in [0.05, 0.1) is 5.69 Å². The molecule has 2 heterocycles. The highest BCUT2D eigenvalue weighted by molar-refractivity contribution is 9.11. The Kier molecular flexibility index (Phi) is 4.78. The van der Waals surface area contributed by atoms with E-state index in [-0.39, 0.29) is 0 Å². The summed E-state index contributed by atoms with van der Waals surface area (Å²) in [5.74, 6) is 0.660. The van der Waals surface area contributed by atoms with Crippen molar-refractivity contribution in [2.24, 2.45) is 0 Å². The molecule has 0 atom stereocenters. The average Bonchev–Trinajstić information content (AvgIpc) is 3.17. The van der Waals surface area contributed by atoms with Crippen LogP contribution in [0.3, 0.4) is 0 Å². The van der Waals surface area contributed by atoms with Gasteiger partial charge in [-0.05, 0) is 50.8 Å². The fourth-order valence-corrected chi connectivity index (χ4v) is 4.55. The Morgan fingerprint density at radius 1 is 1.38 bits per heavy atom. The highest BCUT2D eigenvalue weighted by atomic mass is 79.9. The van der Waals surface area contributed by atoms with Crippen LogP contribution in [-0.2, 0) is 6.54 Å². The summed E-state index contributed by atoms with van der Waals surface area (Å²) >= 11 is 8.80. The van der Waals surface area contributed by atoms with Crippen molar-refractivity contribution >= 4 is 43.2 Å². The molecule has 0 aromatic carbocycles. The molecule has 112 valence electrons. The van der Waals surface area contributed by atoms with Crippen LogP contribution in [0.25, 0.3) is 10.7 Å². The van der Waals surface area contributed by atoms with E-state index >= 15 is 0 Å². The second-order valence-electron chi connectivity index (χ2n) is 5.62. The van der Waals surface area contributed by atoms with Gasteiger partial charge in [-0.1, -0.05) is 13.8 Å². The van der Waals surface area contributed by atoms with E-state index in [4.69, 9.17) is 4.98 Å². The van der Waals surface area contributed by atoms with Crippen molar-refractivity contribution in [2.75, 3.05) is 0 Å². The molecule has 0 spiro atoms. The van der Waals surface area contributed by atoms with Gasteiger partial charge in [0, 0.05) is 38.5 Å². The molecule has 0 saturated heterocycles. The number of halogens is 2. The Labute approximate surface area is 145 Å². The first-order chi connectivity index (χ1) is 10.0. The van der Waals surface area contributed by atoms with E-state index in [0.717, 1.165) is 26.2 Å². The van der Waals surface area contributed by atoms with E-state index in [1.165, 1.54) is 23.4 Å². The van der Waals surface area contributed by atoms with Gasteiger partial charge in [0.25, 0.3) is 0 Å². The quantitative estimate of drug-likeness (QED) is 0.716. The minimum atomic E-state index is 0.486. The molecule has 1 aliphatic rings. The molecule has 1 N–H and O–H groups in total. The summed E-state index contributed by atoms with van der Waals surface area (Å²) in [6.45, 7) is 5.24. The number of hydrogen-bond donors (Lipinski definition) is 1. The van der Waals surface area contributed by atoms with Gasteiger partial charge in [-0.2, -0.15) is 0 Å². The number of nitrogens with one attached hydrogen (secondary N) is 1. The third-order valence-electron chi connectivity index (χ3n) is 3.37. The van der Waals surface area contributed by atoms with E-state index in [0.29, 0.717) is 12.0 Å². The van der Waals surface area contributed by atoms with Crippen molar-refractivity contribution in [1.29, 1.82) is 0 Å². The molecule has 0 amide bonds. The van der Waals surface area contributed by atoms with Crippen molar-refractivity contribution in [3.8, 4) is 10.7 Å². The number of nitrogens with zero attached hydrogens (tertiary/aromatic N) is 2. The molecule has 0 radical (unpaired) electrons. The van der Waals surface area contributed by atoms with E-state index in [2.05, 4.69) is 56.0 Å². The zero-order valence-corrected chi connectivity index (χ0v) is 16.0. The van der Waals surface area contributed by atoms with Crippen LogP contribution in [0.15, 0.2) is 21.2 Å². The molecule has 1 fully saturated rings. The van der Waals surface area contributed by atoms with Gasteiger partial charge in [0.15, 0.2) is 0 Å². The summed E-state index contributed by atoms with van der Waals surface area (Å²) in [5, 5.41) is 4.52. The van der Waals surface area contributed by atoms with Gasteiger partial charge in [-0.3, -0.25) is 4.98 Å². The molecule has 2 aromatic heterocycles. The smallest absolute Gasteiger partial charge is 0.143 e. The maximum Gasteiger partial charge on any atom is 0.143 e. The summed E-state index contributed by atoms with van der Waals surface area (Å²) in [6.07, 6.45) is 4.36. The molecule has 0 bridgehead atoms. The zero-order valence-electron chi connectivity index (χ0n) is 12.0. The summed E-state index contributed by atoms with van der Waals surface area (Å²) < 4.78 is 1.95. The molecule has 0 unspecified atom stereocenters. The minimum Gasteiger partial charge on any atom is -0.310 e. The molecule has 3 nitrogen and oxygen atoms in total. The highest BCUT2D eigenvalue weighted by Crippen LogP contribution is 2.44. The molecule has 1 saturated carbocycles. The summed E-state index contributed by atoms with van der Waals surface area (Å²) in [4.78, 5) is 10.8. The van der Waals surface area contributed by atoms with Gasteiger partial charge >= 0.3 is 0 Å². The van der Waals surface area contributed by atoms with E-state index in [9.17, 15) is 0 Å². The van der Waals surface area contributed by atoms with Crippen LogP contribution in [0.1, 0.15) is 43.2 Å². The Hall–Kier alpha value is -0.300. The van der Waals surface area contributed by atoms with Gasteiger partial charge in [-0.25, -0.2) is 4.98 Å². The number of rotatable bonds is 5. The normalized spacial score (nSPS) is 14.9. The van der Waals surface area contributed by atoms with Crippen LogP contribution < -0.4 is 5.32 Å². The standard InChI is InChI=1S/C15H17Br2N3S/c1-8(2)18-7-12-13(9-3-4-9)20-15(21-12)14-11(17)5-10(16)6-19-14/h5-6,8-9,18H,3-4,7H2,1-2H3. The summed E-state index contributed by atoms with van der Waals surface area (Å²) in [6, 6.07) is 2.51. The van der Waals surface area contributed by atoms with Crippen LogP contribution in [0.5, 0.6) is 0 Å². The second kappa shape index (κ2) is 6.44.